The number of nitrogens with one attached hydrogen (secondary N) is 1. The van der Waals surface area contributed by atoms with E-state index < -0.39 is 37.3 Å². The Labute approximate surface area is 99.0 Å². The smallest absolute Gasteiger partial charge is 0.224 e. The summed E-state index contributed by atoms with van der Waals surface area (Å²) in [4.78, 5) is 11.4. The second-order valence-electron chi connectivity index (χ2n) is 4.41. The van der Waals surface area contributed by atoms with Crippen LogP contribution in [0.5, 0.6) is 0 Å². The Morgan fingerprint density at radius 3 is 2.29 bits per heavy atom. The van der Waals surface area contributed by atoms with Crippen LogP contribution in [0.1, 0.15) is 13.8 Å². The summed E-state index contributed by atoms with van der Waals surface area (Å²) in [6.07, 6.45) is -6.47. The third-order valence-corrected chi connectivity index (χ3v) is 2.70. The van der Waals surface area contributed by atoms with Crippen LogP contribution in [0.3, 0.4) is 0 Å². The Balaban J connectivity index is 2.69. The van der Waals surface area contributed by atoms with Crippen molar-refractivity contribution in [2.24, 2.45) is 5.92 Å². The molecule has 1 rings (SSSR count). The fourth-order valence-corrected chi connectivity index (χ4v) is 1.53. The molecule has 1 heterocycles. The number of hydrogen-bond acceptors (Lipinski definition) is 6. The van der Waals surface area contributed by atoms with Gasteiger partial charge >= 0.3 is 0 Å². The fourth-order valence-electron chi connectivity index (χ4n) is 1.53. The number of rotatable bonds is 3. The van der Waals surface area contributed by atoms with Crippen molar-refractivity contribution in [1.29, 1.82) is 0 Å². The van der Waals surface area contributed by atoms with Gasteiger partial charge in [0.25, 0.3) is 0 Å². The number of aliphatic hydroxyl groups is 4. The minimum atomic E-state index is -1.47. The normalized spacial score (nSPS) is 38.2. The monoisotopic (exact) mass is 249 g/mol. The Morgan fingerprint density at radius 2 is 1.82 bits per heavy atom. The number of carbonyl (C=O) groups excluding carboxylic acids is 1. The zero-order valence-electron chi connectivity index (χ0n) is 9.78. The lowest BCUT2D eigenvalue weighted by atomic mass is 9.98. The first-order chi connectivity index (χ1) is 7.88. The van der Waals surface area contributed by atoms with Crippen LogP contribution in [0, 0.1) is 5.92 Å². The van der Waals surface area contributed by atoms with E-state index in [1.54, 1.807) is 13.8 Å². The van der Waals surface area contributed by atoms with E-state index in [9.17, 15) is 20.1 Å². The van der Waals surface area contributed by atoms with Gasteiger partial charge in [0.05, 0.1) is 6.61 Å². The van der Waals surface area contributed by atoms with Gasteiger partial charge in [-0.2, -0.15) is 0 Å². The van der Waals surface area contributed by atoms with Crippen molar-refractivity contribution < 1.29 is 30.0 Å². The lowest BCUT2D eigenvalue weighted by molar-refractivity contribution is -0.236. The fraction of sp³-hybridized carbons (Fsp3) is 0.900. The first-order valence-electron chi connectivity index (χ1n) is 5.49. The molecule has 0 aromatic carbocycles. The van der Waals surface area contributed by atoms with E-state index in [0.29, 0.717) is 0 Å². The number of amides is 1. The summed E-state index contributed by atoms with van der Waals surface area (Å²) in [6, 6.07) is 0. The van der Waals surface area contributed by atoms with Crippen molar-refractivity contribution in [3.63, 3.8) is 0 Å². The van der Waals surface area contributed by atoms with Crippen molar-refractivity contribution in [2.45, 2.75) is 44.5 Å². The summed E-state index contributed by atoms with van der Waals surface area (Å²) < 4.78 is 5.11. The predicted octanol–water partition coefficient (Wildman–Crippen LogP) is -2.44. The van der Waals surface area contributed by atoms with E-state index in [2.05, 4.69) is 5.32 Å². The molecule has 1 aliphatic heterocycles. The van der Waals surface area contributed by atoms with E-state index in [4.69, 9.17) is 9.84 Å². The molecule has 5 atom stereocenters. The summed E-state index contributed by atoms with van der Waals surface area (Å²) >= 11 is 0. The highest BCUT2D eigenvalue weighted by molar-refractivity contribution is 5.78. The molecule has 0 bridgehead atoms. The predicted molar refractivity (Wildman–Crippen MR) is 56.7 cm³/mol. The maximum Gasteiger partial charge on any atom is 0.224 e. The van der Waals surface area contributed by atoms with E-state index in [1.165, 1.54) is 0 Å². The van der Waals surface area contributed by atoms with Crippen LogP contribution in [0.4, 0.5) is 0 Å². The zero-order valence-corrected chi connectivity index (χ0v) is 9.78. The molecule has 1 aliphatic rings. The van der Waals surface area contributed by atoms with Gasteiger partial charge in [-0.25, -0.2) is 0 Å². The molecule has 1 amide bonds. The molecule has 17 heavy (non-hydrogen) atoms. The number of ether oxygens (including phenoxy) is 1. The first-order valence-corrected chi connectivity index (χ1v) is 5.49. The number of hydrogen-bond donors (Lipinski definition) is 5. The highest BCUT2D eigenvalue weighted by Gasteiger charge is 2.43. The van der Waals surface area contributed by atoms with Crippen LogP contribution in [0.2, 0.25) is 0 Å². The van der Waals surface area contributed by atoms with Crippen LogP contribution in [-0.4, -0.2) is 63.6 Å². The Morgan fingerprint density at radius 1 is 1.24 bits per heavy atom. The van der Waals surface area contributed by atoms with Crippen molar-refractivity contribution in [3.05, 3.63) is 0 Å². The lowest BCUT2D eigenvalue weighted by Crippen LogP contribution is -2.63. The summed E-state index contributed by atoms with van der Waals surface area (Å²) in [7, 11) is 0. The lowest BCUT2D eigenvalue weighted by Gasteiger charge is -2.40. The van der Waals surface area contributed by atoms with Gasteiger partial charge in [-0.15, -0.1) is 0 Å². The molecule has 7 nitrogen and oxygen atoms in total. The summed E-state index contributed by atoms with van der Waals surface area (Å²) in [5.74, 6) is -0.656. The Kier molecular flexibility index (Phi) is 4.84. The molecule has 0 aromatic heterocycles. The van der Waals surface area contributed by atoms with Crippen LogP contribution in [0.15, 0.2) is 0 Å². The minimum absolute atomic E-state index is 0.303. The third-order valence-electron chi connectivity index (χ3n) is 2.70. The maximum atomic E-state index is 11.4. The number of carbonyl (C=O) groups is 1. The Hall–Kier alpha value is -0.730. The second-order valence-corrected chi connectivity index (χ2v) is 4.41. The van der Waals surface area contributed by atoms with Crippen LogP contribution >= 0.6 is 0 Å². The molecule has 1 saturated heterocycles. The minimum Gasteiger partial charge on any atom is -0.394 e. The first kappa shape index (κ1) is 14.3. The molecule has 0 aromatic rings. The largest absolute Gasteiger partial charge is 0.394 e. The summed E-state index contributed by atoms with van der Waals surface area (Å²) in [5.41, 5.74) is 0. The molecule has 0 spiro atoms. The maximum absolute atomic E-state index is 11.4. The Bertz CT molecular complexity index is 270. The van der Waals surface area contributed by atoms with Gasteiger partial charge in [-0.1, -0.05) is 13.8 Å². The highest BCUT2D eigenvalue weighted by atomic mass is 16.6. The molecular weight excluding hydrogens is 230 g/mol. The number of aliphatic hydroxyl groups excluding tert-OH is 4. The van der Waals surface area contributed by atoms with Crippen LogP contribution in [0.25, 0.3) is 0 Å². The standard InChI is InChI=1S/C10H19NO6/c1-4(2)9(16)11-10-8(15)7(14)6(13)5(3-12)17-10/h4-8,10,12-15H,3H2,1-2H3,(H,11,16). The van der Waals surface area contributed by atoms with Gasteiger partial charge in [0, 0.05) is 5.92 Å². The van der Waals surface area contributed by atoms with Gasteiger partial charge in [0.1, 0.15) is 24.4 Å². The topological polar surface area (TPSA) is 119 Å². The van der Waals surface area contributed by atoms with E-state index in [0.717, 1.165) is 0 Å². The molecule has 0 saturated carbocycles. The van der Waals surface area contributed by atoms with Crippen LogP contribution < -0.4 is 5.32 Å². The third kappa shape index (κ3) is 3.14. The molecular formula is C10H19NO6. The van der Waals surface area contributed by atoms with E-state index in [1.807, 2.05) is 0 Å². The van der Waals surface area contributed by atoms with Gasteiger partial charge in [-0.3, -0.25) is 4.79 Å². The van der Waals surface area contributed by atoms with Crippen molar-refractivity contribution in [2.75, 3.05) is 6.61 Å². The van der Waals surface area contributed by atoms with Crippen molar-refractivity contribution >= 4 is 5.91 Å². The average Bonchev–Trinajstić information content (AvgIpc) is 2.29. The highest BCUT2D eigenvalue weighted by Crippen LogP contribution is 2.19. The van der Waals surface area contributed by atoms with Gasteiger partial charge in [0.2, 0.25) is 5.91 Å². The molecule has 5 N–H and O–H groups in total. The van der Waals surface area contributed by atoms with E-state index >= 15 is 0 Å². The molecule has 7 heteroatoms. The van der Waals surface area contributed by atoms with E-state index in [-0.39, 0.29) is 11.8 Å². The summed E-state index contributed by atoms with van der Waals surface area (Å²) in [6.45, 7) is 2.82. The molecule has 0 radical (unpaired) electrons. The molecule has 5 unspecified atom stereocenters. The van der Waals surface area contributed by atoms with Crippen LogP contribution in [-0.2, 0) is 9.53 Å². The quantitative estimate of drug-likeness (QED) is 0.379. The second kappa shape index (κ2) is 5.74. The average molecular weight is 249 g/mol. The van der Waals surface area contributed by atoms with Gasteiger partial charge in [-0.05, 0) is 0 Å². The van der Waals surface area contributed by atoms with Crippen molar-refractivity contribution in [3.8, 4) is 0 Å². The van der Waals surface area contributed by atoms with Gasteiger partial charge < -0.3 is 30.5 Å². The van der Waals surface area contributed by atoms with Crippen molar-refractivity contribution in [1.82, 2.24) is 5.32 Å². The van der Waals surface area contributed by atoms with Gasteiger partial charge in [0.15, 0.2) is 6.23 Å². The molecule has 100 valence electrons. The SMILES string of the molecule is CC(C)C(=O)NC1OC(CO)C(O)C(O)C1O. The molecule has 0 aliphatic carbocycles. The summed E-state index contributed by atoms with van der Waals surface area (Å²) in [5, 5.41) is 39.9. The molecule has 1 fully saturated rings. The zero-order chi connectivity index (χ0) is 13.2.